The number of hydrogen-bond acceptors (Lipinski definition) is 4. The van der Waals surface area contributed by atoms with Gasteiger partial charge in [-0.25, -0.2) is 4.98 Å². The van der Waals surface area contributed by atoms with Crippen LogP contribution in [0, 0.1) is 0 Å². The van der Waals surface area contributed by atoms with Crippen molar-refractivity contribution >= 4 is 21.9 Å². The second kappa shape index (κ2) is 4.61. The van der Waals surface area contributed by atoms with Crippen LogP contribution >= 0.6 is 15.9 Å². The fourth-order valence-corrected chi connectivity index (χ4v) is 1.83. The molecule has 0 saturated heterocycles. The van der Waals surface area contributed by atoms with Gasteiger partial charge in [-0.2, -0.15) is 4.98 Å². The van der Waals surface area contributed by atoms with Gasteiger partial charge in [-0.3, -0.25) is 0 Å². The van der Waals surface area contributed by atoms with E-state index in [1.165, 1.54) is 0 Å². The first-order valence-corrected chi connectivity index (χ1v) is 5.57. The van der Waals surface area contributed by atoms with Crippen LogP contribution in [0.3, 0.4) is 0 Å². The highest BCUT2D eigenvalue weighted by molar-refractivity contribution is 9.10. The van der Waals surface area contributed by atoms with Gasteiger partial charge in [0.15, 0.2) is 0 Å². The smallest absolute Gasteiger partial charge is 0.232 e. The van der Waals surface area contributed by atoms with E-state index >= 15 is 0 Å². The Hall–Kier alpha value is -1.10. The van der Waals surface area contributed by atoms with E-state index in [2.05, 4.69) is 43.4 Å². The minimum Gasteiger partial charge on any atom is -0.480 e. The molecule has 0 atom stereocenters. The molecule has 5 heteroatoms. The Bertz CT molecular complexity index is 373. The molecule has 0 spiro atoms. The number of hydrogen-bond donors (Lipinski definition) is 1. The van der Waals surface area contributed by atoms with Gasteiger partial charge in [0.2, 0.25) is 11.8 Å². The van der Waals surface area contributed by atoms with Gasteiger partial charge in [-0.15, -0.1) is 0 Å². The molecule has 2 rings (SSSR count). The van der Waals surface area contributed by atoms with Gasteiger partial charge in [0.05, 0.1) is 17.8 Å². The highest BCUT2D eigenvalue weighted by Crippen LogP contribution is 2.23. The molecule has 0 unspecified atom stereocenters. The zero-order chi connectivity index (χ0) is 10.7. The summed E-state index contributed by atoms with van der Waals surface area (Å²) < 4.78 is 5.86. The minimum atomic E-state index is 0.413. The molecule has 1 aliphatic carbocycles. The van der Waals surface area contributed by atoms with Crippen LogP contribution < -0.4 is 10.1 Å². The summed E-state index contributed by atoms with van der Waals surface area (Å²) in [6.45, 7) is 0. The lowest BCUT2D eigenvalue weighted by Gasteiger charge is -2.12. The molecule has 1 heterocycles. The van der Waals surface area contributed by atoms with Crippen molar-refractivity contribution in [3.8, 4) is 5.88 Å². The summed E-state index contributed by atoms with van der Waals surface area (Å²) in [4.78, 5) is 8.41. The van der Waals surface area contributed by atoms with Crippen molar-refractivity contribution in [1.29, 1.82) is 0 Å². The largest absolute Gasteiger partial charge is 0.480 e. The van der Waals surface area contributed by atoms with Crippen molar-refractivity contribution in [3.05, 3.63) is 22.8 Å². The number of halogens is 1. The zero-order valence-corrected chi connectivity index (χ0v) is 9.99. The van der Waals surface area contributed by atoms with Crippen LogP contribution in [-0.2, 0) is 0 Å². The number of rotatable bonds is 3. The fraction of sp³-hybridized carbons (Fsp3) is 0.400. The van der Waals surface area contributed by atoms with Crippen molar-refractivity contribution in [2.45, 2.75) is 18.9 Å². The molecule has 1 aromatic heterocycles. The summed E-state index contributed by atoms with van der Waals surface area (Å²) in [5.74, 6) is 1.17. The summed E-state index contributed by atoms with van der Waals surface area (Å²) in [5.41, 5.74) is 0. The highest BCUT2D eigenvalue weighted by atomic mass is 79.9. The van der Waals surface area contributed by atoms with Gasteiger partial charge >= 0.3 is 0 Å². The van der Waals surface area contributed by atoms with Crippen LogP contribution in [0.4, 0.5) is 5.95 Å². The Morgan fingerprint density at radius 1 is 1.47 bits per heavy atom. The van der Waals surface area contributed by atoms with Gasteiger partial charge in [-0.1, -0.05) is 12.2 Å². The molecule has 0 aromatic carbocycles. The van der Waals surface area contributed by atoms with Crippen LogP contribution in [0.25, 0.3) is 0 Å². The molecule has 0 bridgehead atoms. The monoisotopic (exact) mass is 269 g/mol. The lowest BCUT2D eigenvalue weighted by molar-refractivity contribution is 0.394. The first-order chi connectivity index (χ1) is 7.29. The normalized spacial score (nSPS) is 15.6. The van der Waals surface area contributed by atoms with Crippen molar-refractivity contribution in [2.24, 2.45) is 0 Å². The van der Waals surface area contributed by atoms with E-state index in [0.29, 0.717) is 17.9 Å². The molecule has 1 aliphatic rings. The van der Waals surface area contributed by atoms with E-state index in [1.54, 1.807) is 13.3 Å². The average Bonchev–Trinajstić information content (AvgIpc) is 2.73. The number of aromatic nitrogens is 2. The molecule has 0 aliphatic heterocycles. The summed E-state index contributed by atoms with van der Waals surface area (Å²) in [5, 5.41) is 3.26. The topological polar surface area (TPSA) is 47.0 Å². The number of anilines is 1. The number of methoxy groups -OCH3 is 1. The van der Waals surface area contributed by atoms with Gasteiger partial charge < -0.3 is 10.1 Å². The fourth-order valence-electron chi connectivity index (χ4n) is 1.48. The number of nitrogens with one attached hydrogen (secondary N) is 1. The molecule has 4 nitrogen and oxygen atoms in total. The number of nitrogens with zero attached hydrogens (tertiary/aromatic N) is 2. The third-order valence-corrected chi connectivity index (χ3v) is 2.79. The van der Waals surface area contributed by atoms with Gasteiger partial charge in [0, 0.05) is 6.04 Å². The van der Waals surface area contributed by atoms with Crippen molar-refractivity contribution in [3.63, 3.8) is 0 Å². The maximum absolute atomic E-state index is 5.10. The SMILES string of the molecule is COc1nc(NC2CC=CC2)ncc1Br. The zero-order valence-electron chi connectivity index (χ0n) is 8.40. The van der Waals surface area contributed by atoms with E-state index in [4.69, 9.17) is 4.74 Å². The van der Waals surface area contributed by atoms with E-state index in [9.17, 15) is 0 Å². The summed E-state index contributed by atoms with van der Waals surface area (Å²) >= 11 is 3.31. The predicted octanol–water partition coefficient (Wildman–Crippen LogP) is 2.38. The lowest BCUT2D eigenvalue weighted by Crippen LogP contribution is -2.17. The minimum absolute atomic E-state index is 0.413. The second-order valence-electron chi connectivity index (χ2n) is 3.33. The summed E-state index contributed by atoms with van der Waals surface area (Å²) in [6.07, 6.45) is 8.07. The maximum atomic E-state index is 5.10. The van der Waals surface area contributed by atoms with Crippen molar-refractivity contribution in [1.82, 2.24) is 9.97 Å². The maximum Gasteiger partial charge on any atom is 0.232 e. The highest BCUT2D eigenvalue weighted by Gasteiger charge is 2.12. The first kappa shape index (κ1) is 10.4. The molecule has 15 heavy (non-hydrogen) atoms. The van der Waals surface area contributed by atoms with E-state index < -0.39 is 0 Å². The molecule has 1 N–H and O–H groups in total. The molecule has 0 amide bonds. The molecule has 0 radical (unpaired) electrons. The van der Waals surface area contributed by atoms with E-state index in [1.807, 2.05) is 0 Å². The van der Waals surface area contributed by atoms with Crippen LogP contribution in [0.2, 0.25) is 0 Å². The van der Waals surface area contributed by atoms with Crippen molar-refractivity contribution in [2.75, 3.05) is 12.4 Å². The Morgan fingerprint density at radius 3 is 2.87 bits per heavy atom. The van der Waals surface area contributed by atoms with Crippen molar-refractivity contribution < 1.29 is 4.74 Å². The molecule has 0 fully saturated rings. The number of ether oxygens (including phenoxy) is 1. The predicted molar refractivity (Wildman–Crippen MR) is 62.1 cm³/mol. The molecular formula is C10H12BrN3O. The summed E-state index contributed by atoms with van der Waals surface area (Å²) in [7, 11) is 1.59. The van der Waals surface area contributed by atoms with Crippen LogP contribution in [-0.4, -0.2) is 23.1 Å². The Labute approximate surface area is 96.9 Å². The van der Waals surface area contributed by atoms with E-state index in [0.717, 1.165) is 17.3 Å². The van der Waals surface area contributed by atoms with E-state index in [-0.39, 0.29) is 0 Å². The molecule has 80 valence electrons. The Kier molecular flexibility index (Phi) is 3.20. The molecule has 0 saturated carbocycles. The third kappa shape index (κ3) is 2.47. The summed E-state index contributed by atoms with van der Waals surface area (Å²) in [6, 6.07) is 0.413. The van der Waals surface area contributed by atoms with Gasteiger partial charge in [0.25, 0.3) is 0 Å². The van der Waals surface area contributed by atoms with Crippen LogP contribution in [0.15, 0.2) is 22.8 Å². The van der Waals surface area contributed by atoms with Crippen LogP contribution in [0.5, 0.6) is 5.88 Å². The standard InChI is InChI=1S/C10H12BrN3O/c1-15-9-8(11)6-12-10(14-9)13-7-4-2-3-5-7/h2-3,6-7H,4-5H2,1H3,(H,12,13,14). The first-order valence-electron chi connectivity index (χ1n) is 4.77. The Morgan fingerprint density at radius 2 is 2.20 bits per heavy atom. The third-order valence-electron chi connectivity index (χ3n) is 2.25. The Balaban J connectivity index is 2.08. The van der Waals surface area contributed by atoms with Gasteiger partial charge in [0.1, 0.15) is 0 Å². The second-order valence-corrected chi connectivity index (χ2v) is 4.19. The lowest BCUT2D eigenvalue weighted by atomic mass is 10.2. The molecule has 1 aromatic rings. The molecular weight excluding hydrogens is 258 g/mol. The van der Waals surface area contributed by atoms with Crippen LogP contribution in [0.1, 0.15) is 12.8 Å². The average molecular weight is 270 g/mol. The van der Waals surface area contributed by atoms with Gasteiger partial charge in [-0.05, 0) is 28.8 Å². The quantitative estimate of drug-likeness (QED) is 0.856.